The lowest BCUT2D eigenvalue weighted by atomic mass is 10.1. The molecule has 0 radical (unpaired) electrons. The fourth-order valence-corrected chi connectivity index (χ4v) is 2.94. The number of hydrogen-bond donors (Lipinski definition) is 1. The smallest absolute Gasteiger partial charge is 0.344 e. The van der Waals surface area contributed by atoms with Crippen molar-refractivity contribution < 1.29 is 19.1 Å². The number of rotatable bonds is 8. The van der Waals surface area contributed by atoms with Gasteiger partial charge in [-0.3, -0.25) is 4.79 Å². The van der Waals surface area contributed by atoms with E-state index >= 15 is 0 Å². The van der Waals surface area contributed by atoms with Gasteiger partial charge in [0.1, 0.15) is 11.6 Å². The summed E-state index contributed by atoms with van der Waals surface area (Å²) in [6, 6.07) is 14.2. The third-order valence-corrected chi connectivity index (χ3v) is 4.19. The van der Waals surface area contributed by atoms with Gasteiger partial charge in [0.05, 0.1) is 16.7 Å². The van der Waals surface area contributed by atoms with Crippen LogP contribution in [0.5, 0.6) is 5.75 Å². The Morgan fingerprint density at radius 1 is 1.17 bits per heavy atom. The Bertz CT molecular complexity index is 930. The molecule has 0 heterocycles. The molecule has 0 aliphatic heterocycles. The van der Waals surface area contributed by atoms with Gasteiger partial charge < -0.3 is 14.8 Å². The lowest BCUT2D eigenvalue weighted by molar-refractivity contribution is -0.145. The SMILES string of the molecule is CCOC(=O)COc1c(Cl)cc(/C=C(/C#N)C(=O)NCc2ccccc2)cc1Cl. The monoisotopic (exact) mass is 432 g/mol. The number of esters is 1. The molecule has 2 rings (SSSR count). The van der Waals surface area contributed by atoms with Crippen LogP contribution in [0, 0.1) is 11.3 Å². The Labute approximate surface area is 178 Å². The van der Waals surface area contributed by atoms with E-state index in [2.05, 4.69) is 5.32 Å². The van der Waals surface area contributed by atoms with Crippen molar-refractivity contribution in [2.75, 3.05) is 13.2 Å². The molecule has 0 saturated carbocycles. The van der Waals surface area contributed by atoms with Gasteiger partial charge in [-0.2, -0.15) is 5.26 Å². The second-order valence-corrected chi connectivity index (χ2v) is 6.56. The summed E-state index contributed by atoms with van der Waals surface area (Å²) in [5, 5.41) is 12.3. The summed E-state index contributed by atoms with van der Waals surface area (Å²) in [6.45, 7) is 1.87. The topological polar surface area (TPSA) is 88.4 Å². The van der Waals surface area contributed by atoms with E-state index in [0.717, 1.165) is 5.56 Å². The van der Waals surface area contributed by atoms with Crippen molar-refractivity contribution >= 4 is 41.2 Å². The van der Waals surface area contributed by atoms with Crippen LogP contribution >= 0.6 is 23.2 Å². The third-order valence-electron chi connectivity index (χ3n) is 3.63. The van der Waals surface area contributed by atoms with Crippen LogP contribution in [0.1, 0.15) is 18.1 Å². The van der Waals surface area contributed by atoms with Crippen LogP contribution in [-0.2, 0) is 20.9 Å². The summed E-state index contributed by atoms with van der Waals surface area (Å²) in [4.78, 5) is 23.7. The summed E-state index contributed by atoms with van der Waals surface area (Å²) in [5.74, 6) is -0.956. The van der Waals surface area contributed by atoms with E-state index in [1.165, 1.54) is 18.2 Å². The summed E-state index contributed by atoms with van der Waals surface area (Å²) in [7, 11) is 0. The van der Waals surface area contributed by atoms with Crippen molar-refractivity contribution in [3.63, 3.8) is 0 Å². The highest BCUT2D eigenvalue weighted by Gasteiger charge is 2.14. The van der Waals surface area contributed by atoms with Gasteiger partial charge in [0.25, 0.3) is 5.91 Å². The van der Waals surface area contributed by atoms with E-state index in [-0.39, 0.29) is 34.6 Å². The second kappa shape index (κ2) is 11.1. The van der Waals surface area contributed by atoms with Gasteiger partial charge in [-0.05, 0) is 36.3 Å². The van der Waals surface area contributed by atoms with Crippen LogP contribution in [0.25, 0.3) is 6.08 Å². The molecule has 1 N–H and O–H groups in total. The molecule has 6 nitrogen and oxygen atoms in total. The van der Waals surface area contributed by atoms with Gasteiger partial charge in [0.15, 0.2) is 12.4 Å². The highest BCUT2D eigenvalue weighted by molar-refractivity contribution is 6.37. The third kappa shape index (κ3) is 6.83. The molecule has 0 aliphatic rings. The van der Waals surface area contributed by atoms with Crippen molar-refractivity contribution in [3.05, 3.63) is 69.2 Å². The van der Waals surface area contributed by atoms with E-state index < -0.39 is 11.9 Å². The van der Waals surface area contributed by atoms with Crippen molar-refractivity contribution in [2.24, 2.45) is 0 Å². The number of halogens is 2. The largest absolute Gasteiger partial charge is 0.479 e. The molecule has 2 aromatic carbocycles. The fraction of sp³-hybridized carbons (Fsp3) is 0.190. The maximum absolute atomic E-state index is 12.3. The number of carbonyl (C=O) groups is 2. The molecule has 150 valence electrons. The van der Waals surface area contributed by atoms with Crippen LogP contribution in [0.2, 0.25) is 10.0 Å². The minimum Gasteiger partial charge on any atom is -0.479 e. The van der Waals surface area contributed by atoms with Crippen LogP contribution in [0.4, 0.5) is 0 Å². The van der Waals surface area contributed by atoms with Crippen LogP contribution in [0.15, 0.2) is 48.0 Å². The molecule has 0 bridgehead atoms. The summed E-state index contributed by atoms with van der Waals surface area (Å²) in [6.07, 6.45) is 1.37. The molecule has 0 aromatic heterocycles. The first-order chi connectivity index (χ1) is 13.9. The normalized spacial score (nSPS) is 10.8. The predicted octanol–water partition coefficient (Wildman–Crippen LogP) is 4.16. The molecule has 0 saturated heterocycles. The zero-order valence-corrected chi connectivity index (χ0v) is 17.1. The number of nitrogens with zero attached hydrogens (tertiary/aromatic N) is 1. The summed E-state index contributed by atoms with van der Waals surface area (Å²) < 4.78 is 10.1. The highest BCUT2D eigenvalue weighted by Crippen LogP contribution is 2.34. The van der Waals surface area contributed by atoms with Gasteiger partial charge in [-0.15, -0.1) is 0 Å². The van der Waals surface area contributed by atoms with Gasteiger partial charge in [0, 0.05) is 6.54 Å². The summed E-state index contributed by atoms with van der Waals surface area (Å²) in [5.41, 5.74) is 1.25. The van der Waals surface area contributed by atoms with Gasteiger partial charge in [-0.25, -0.2) is 4.79 Å². The Balaban J connectivity index is 2.11. The summed E-state index contributed by atoms with van der Waals surface area (Å²) >= 11 is 12.3. The maximum atomic E-state index is 12.3. The average Bonchev–Trinajstić information content (AvgIpc) is 2.70. The highest BCUT2D eigenvalue weighted by atomic mass is 35.5. The van der Waals surface area contributed by atoms with E-state index in [1.807, 2.05) is 36.4 Å². The molecular weight excluding hydrogens is 415 g/mol. The Morgan fingerprint density at radius 3 is 2.41 bits per heavy atom. The molecule has 29 heavy (non-hydrogen) atoms. The Hall–Kier alpha value is -3.01. The zero-order valence-electron chi connectivity index (χ0n) is 15.6. The van der Waals surface area contributed by atoms with E-state index in [9.17, 15) is 14.9 Å². The second-order valence-electron chi connectivity index (χ2n) is 5.75. The molecule has 0 spiro atoms. The molecule has 0 aliphatic carbocycles. The number of benzene rings is 2. The molecule has 0 fully saturated rings. The first kappa shape index (κ1) is 22.3. The number of hydrogen-bond acceptors (Lipinski definition) is 5. The Kier molecular flexibility index (Phi) is 8.53. The number of amides is 1. The average molecular weight is 433 g/mol. The zero-order chi connectivity index (χ0) is 21.2. The lowest BCUT2D eigenvalue weighted by Gasteiger charge is -2.10. The number of ether oxygens (including phenoxy) is 2. The van der Waals surface area contributed by atoms with Crippen LogP contribution < -0.4 is 10.1 Å². The van der Waals surface area contributed by atoms with E-state index in [4.69, 9.17) is 32.7 Å². The predicted molar refractivity (Wildman–Crippen MR) is 110 cm³/mol. The van der Waals surface area contributed by atoms with Gasteiger partial charge in [0.2, 0.25) is 0 Å². The van der Waals surface area contributed by atoms with Crippen molar-refractivity contribution in [2.45, 2.75) is 13.5 Å². The fourth-order valence-electron chi connectivity index (χ4n) is 2.32. The van der Waals surface area contributed by atoms with E-state index in [0.29, 0.717) is 12.1 Å². The number of carbonyl (C=O) groups excluding carboxylic acids is 2. The van der Waals surface area contributed by atoms with Crippen molar-refractivity contribution in [3.8, 4) is 11.8 Å². The van der Waals surface area contributed by atoms with Crippen molar-refractivity contribution in [1.82, 2.24) is 5.32 Å². The minimum atomic E-state index is -0.551. The molecule has 0 atom stereocenters. The molecule has 8 heteroatoms. The molecular formula is C21H18Cl2N2O4. The first-order valence-electron chi connectivity index (χ1n) is 8.66. The number of nitrogens with one attached hydrogen (secondary N) is 1. The van der Waals surface area contributed by atoms with Gasteiger partial charge in [-0.1, -0.05) is 53.5 Å². The molecule has 2 aromatic rings. The molecule has 1 amide bonds. The standard InChI is InChI=1S/C21H18Cl2N2O4/c1-2-28-19(26)13-29-20-17(22)9-15(10-18(20)23)8-16(11-24)21(27)25-12-14-6-4-3-5-7-14/h3-10H,2,12-13H2,1H3,(H,25,27)/b16-8-. The first-order valence-corrected chi connectivity index (χ1v) is 9.41. The quantitative estimate of drug-likeness (QED) is 0.384. The minimum absolute atomic E-state index is 0.103. The van der Waals surface area contributed by atoms with Crippen LogP contribution in [-0.4, -0.2) is 25.1 Å². The maximum Gasteiger partial charge on any atom is 0.344 e. The van der Waals surface area contributed by atoms with Crippen molar-refractivity contribution in [1.29, 1.82) is 5.26 Å². The van der Waals surface area contributed by atoms with Gasteiger partial charge >= 0.3 is 5.97 Å². The Morgan fingerprint density at radius 2 is 1.83 bits per heavy atom. The molecule has 0 unspecified atom stereocenters. The lowest BCUT2D eigenvalue weighted by Crippen LogP contribution is -2.23. The van der Waals surface area contributed by atoms with E-state index in [1.54, 1.807) is 6.92 Å². The van der Waals surface area contributed by atoms with Crippen LogP contribution in [0.3, 0.4) is 0 Å². The number of nitriles is 1.